The molecule has 0 unspecified atom stereocenters. The van der Waals surface area contributed by atoms with Crippen molar-refractivity contribution in [1.82, 2.24) is 10.2 Å². The molecule has 138 valence electrons. The molecule has 3 rings (SSSR count). The lowest BCUT2D eigenvalue weighted by molar-refractivity contribution is -0.121. The van der Waals surface area contributed by atoms with Crippen LogP contribution in [0.1, 0.15) is 41.8 Å². The highest BCUT2D eigenvalue weighted by atomic mass is 19.1. The Morgan fingerprint density at radius 2 is 1.92 bits per heavy atom. The maximum Gasteiger partial charge on any atom is 0.256 e. The molecular formula is C20H23FN2O3. The van der Waals surface area contributed by atoms with Crippen molar-refractivity contribution in [3.63, 3.8) is 0 Å². The molecule has 1 saturated heterocycles. The van der Waals surface area contributed by atoms with Crippen molar-refractivity contribution in [2.45, 2.75) is 32.2 Å². The first kappa shape index (κ1) is 18.2. The molecule has 1 N–H and O–H groups in total. The van der Waals surface area contributed by atoms with Gasteiger partial charge in [0, 0.05) is 19.5 Å². The predicted octanol–water partition coefficient (Wildman–Crippen LogP) is 3.37. The fourth-order valence-electron chi connectivity index (χ4n) is 3.25. The minimum atomic E-state index is -0.479. The SMILES string of the molecule is O=C(CCC1CCN(C(=O)c2ccccc2F)CC1)NCc1ccco1. The highest BCUT2D eigenvalue weighted by Crippen LogP contribution is 2.23. The zero-order chi connectivity index (χ0) is 18.4. The third-order valence-electron chi connectivity index (χ3n) is 4.83. The van der Waals surface area contributed by atoms with Gasteiger partial charge in [-0.15, -0.1) is 0 Å². The number of likely N-dealkylation sites (tertiary alicyclic amines) is 1. The van der Waals surface area contributed by atoms with Crippen LogP contribution in [-0.2, 0) is 11.3 Å². The van der Waals surface area contributed by atoms with Crippen LogP contribution in [0.2, 0.25) is 0 Å². The van der Waals surface area contributed by atoms with Gasteiger partial charge < -0.3 is 14.6 Å². The maximum absolute atomic E-state index is 13.8. The molecule has 0 bridgehead atoms. The van der Waals surface area contributed by atoms with E-state index in [1.165, 1.54) is 12.1 Å². The first-order valence-electron chi connectivity index (χ1n) is 8.96. The van der Waals surface area contributed by atoms with E-state index in [9.17, 15) is 14.0 Å². The number of rotatable bonds is 6. The lowest BCUT2D eigenvalue weighted by atomic mass is 9.91. The summed E-state index contributed by atoms with van der Waals surface area (Å²) in [4.78, 5) is 26.0. The summed E-state index contributed by atoms with van der Waals surface area (Å²) >= 11 is 0. The molecule has 0 spiro atoms. The Kier molecular flexibility index (Phi) is 6.04. The summed E-state index contributed by atoms with van der Waals surface area (Å²) in [5.41, 5.74) is 0.128. The number of amides is 2. The molecular weight excluding hydrogens is 335 g/mol. The van der Waals surface area contributed by atoms with Crippen LogP contribution < -0.4 is 5.32 Å². The Labute approximate surface area is 152 Å². The van der Waals surface area contributed by atoms with E-state index in [0.717, 1.165) is 25.0 Å². The number of benzene rings is 1. The molecule has 0 radical (unpaired) electrons. The van der Waals surface area contributed by atoms with Crippen molar-refractivity contribution in [2.75, 3.05) is 13.1 Å². The van der Waals surface area contributed by atoms with Crippen molar-refractivity contribution in [3.05, 3.63) is 59.8 Å². The number of halogens is 1. The molecule has 2 amide bonds. The van der Waals surface area contributed by atoms with E-state index >= 15 is 0 Å². The number of hydrogen-bond acceptors (Lipinski definition) is 3. The van der Waals surface area contributed by atoms with Crippen molar-refractivity contribution in [3.8, 4) is 0 Å². The van der Waals surface area contributed by atoms with Crippen molar-refractivity contribution in [1.29, 1.82) is 0 Å². The van der Waals surface area contributed by atoms with E-state index in [2.05, 4.69) is 5.32 Å². The number of carbonyl (C=O) groups excluding carboxylic acids is 2. The van der Waals surface area contributed by atoms with Gasteiger partial charge in [-0.3, -0.25) is 9.59 Å². The highest BCUT2D eigenvalue weighted by molar-refractivity contribution is 5.94. The van der Waals surface area contributed by atoms with Crippen LogP contribution in [-0.4, -0.2) is 29.8 Å². The molecule has 0 atom stereocenters. The third-order valence-corrected chi connectivity index (χ3v) is 4.83. The molecule has 1 aromatic heterocycles. The summed E-state index contributed by atoms with van der Waals surface area (Å²) in [5, 5.41) is 2.84. The van der Waals surface area contributed by atoms with Crippen molar-refractivity contribution < 1.29 is 18.4 Å². The van der Waals surface area contributed by atoms with Gasteiger partial charge in [0.1, 0.15) is 11.6 Å². The van der Waals surface area contributed by atoms with E-state index in [-0.39, 0.29) is 17.4 Å². The van der Waals surface area contributed by atoms with Crippen LogP contribution >= 0.6 is 0 Å². The molecule has 1 aromatic carbocycles. The fraction of sp³-hybridized carbons (Fsp3) is 0.400. The van der Waals surface area contributed by atoms with Crippen molar-refractivity contribution >= 4 is 11.8 Å². The Hall–Kier alpha value is -2.63. The summed E-state index contributed by atoms with van der Waals surface area (Å²) in [6.45, 7) is 1.61. The molecule has 6 heteroatoms. The maximum atomic E-state index is 13.8. The number of hydrogen-bond donors (Lipinski definition) is 1. The van der Waals surface area contributed by atoms with Gasteiger partial charge in [0.2, 0.25) is 5.91 Å². The van der Waals surface area contributed by atoms with Gasteiger partial charge >= 0.3 is 0 Å². The Morgan fingerprint density at radius 1 is 1.15 bits per heavy atom. The van der Waals surface area contributed by atoms with E-state index in [1.807, 2.05) is 6.07 Å². The number of nitrogens with one attached hydrogen (secondary N) is 1. The van der Waals surface area contributed by atoms with Crippen LogP contribution in [0.15, 0.2) is 47.1 Å². The van der Waals surface area contributed by atoms with E-state index in [1.54, 1.807) is 29.4 Å². The zero-order valence-corrected chi connectivity index (χ0v) is 14.6. The van der Waals surface area contributed by atoms with Gasteiger partial charge in [-0.1, -0.05) is 12.1 Å². The second kappa shape index (κ2) is 8.65. The van der Waals surface area contributed by atoms with Crippen LogP contribution in [0.3, 0.4) is 0 Å². The molecule has 1 aliphatic rings. The van der Waals surface area contributed by atoms with Crippen LogP contribution in [0.25, 0.3) is 0 Å². The quantitative estimate of drug-likeness (QED) is 0.861. The summed E-state index contributed by atoms with van der Waals surface area (Å²) in [6, 6.07) is 9.69. The summed E-state index contributed by atoms with van der Waals surface area (Å²) < 4.78 is 18.9. The third kappa shape index (κ3) is 4.71. The smallest absolute Gasteiger partial charge is 0.256 e. The largest absolute Gasteiger partial charge is 0.467 e. The molecule has 2 heterocycles. The van der Waals surface area contributed by atoms with E-state index in [4.69, 9.17) is 4.42 Å². The minimum absolute atomic E-state index is 0.00580. The Morgan fingerprint density at radius 3 is 2.62 bits per heavy atom. The zero-order valence-electron chi connectivity index (χ0n) is 14.6. The monoisotopic (exact) mass is 358 g/mol. The van der Waals surface area contributed by atoms with Gasteiger partial charge in [-0.2, -0.15) is 0 Å². The molecule has 1 aliphatic heterocycles. The molecule has 1 fully saturated rings. The van der Waals surface area contributed by atoms with E-state index < -0.39 is 5.82 Å². The van der Waals surface area contributed by atoms with Crippen LogP contribution in [0, 0.1) is 11.7 Å². The standard InChI is InChI=1S/C20H23FN2O3/c21-18-6-2-1-5-17(18)20(25)23-11-9-15(10-12-23)7-8-19(24)22-14-16-4-3-13-26-16/h1-6,13,15H,7-12,14H2,(H,22,24). The lowest BCUT2D eigenvalue weighted by Gasteiger charge is -2.32. The Bertz CT molecular complexity index is 737. The predicted molar refractivity (Wildman–Crippen MR) is 94.8 cm³/mol. The van der Waals surface area contributed by atoms with Crippen LogP contribution in [0.5, 0.6) is 0 Å². The Balaban J connectivity index is 1.39. The van der Waals surface area contributed by atoms with Gasteiger partial charge in [0.25, 0.3) is 5.91 Å². The second-order valence-electron chi connectivity index (χ2n) is 6.61. The van der Waals surface area contributed by atoms with Gasteiger partial charge in [-0.05, 0) is 49.4 Å². The molecule has 26 heavy (non-hydrogen) atoms. The first-order valence-corrected chi connectivity index (χ1v) is 8.96. The van der Waals surface area contributed by atoms with Gasteiger partial charge in [0.05, 0.1) is 18.4 Å². The van der Waals surface area contributed by atoms with Gasteiger partial charge in [0.15, 0.2) is 0 Å². The summed E-state index contributed by atoms with van der Waals surface area (Å²) in [7, 11) is 0. The average molecular weight is 358 g/mol. The second-order valence-corrected chi connectivity index (χ2v) is 6.61. The molecule has 0 saturated carbocycles. The first-order chi connectivity index (χ1) is 12.6. The summed E-state index contributed by atoms with van der Waals surface area (Å²) in [6.07, 6.45) is 4.52. The topological polar surface area (TPSA) is 62.6 Å². The minimum Gasteiger partial charge on any atom is -0.467 e. The van der Waals surface area contributed by atoms with Crippen LogP contribution in [0.4, 0.5) is 4.39 Å². The molecule has 2 aromatic rings. The van der Waals surface area contributed by atoms with Crippen molar-refractivity contribution in [2.24, 2.45) is 5.92 Å². The molecule has 0 aliphatic carbocycles. The number of furan rings is 1. The normalized spacial score (nSPS) is 15.0. The number of carbonyl (C=O) groups is 2. The summed E-state index contributed by atoms with van der Waals surface area (Å²) in [5.74, 6) is 0.421. The fourth-order valence-corrected chi connectivity index (χ4v) is 3.25. The number of nitrogens with zero attached hydrogens (tertiary/aromatic N) is 1. The van der Waals surface area contributed by atoms with Gasteiger partial charge in [-0.25, -0.2) is 4.39 Å². The highest BCUT2D eigenvalue weighted by Gasteiger charge is 2.25. The molecule has 5 nitrogen and oxygen atoms in total. The van der Waals surface area contributed by atoms with E-state index in [0.29, 0.717) is 32.0 Å². The average Bonchev–Trinajstić information content (AvgIpc) is 3.18. The lowest BCUT2D eigenvalue weighted by Crippen LogP contribution is -2.39. The number of piperidine rings is 1.